The molecule has 0 atom stereocenters. The molecular formula is C17H23N5O. The maximum Gasteiger partial charge on any atom is 0.270 e. The molecular weight excluding hydrogens is 290 g/mol. The van der Waals surface area contributed by atoms with Gasteiger partial charge in [-0.25, -0.2) is 9.97 Å². The molecule has 1 amide bonds. The Balaban J connectivity index is 1.95. The molecule has 2 heterocycles. The van der Waals surface area contributed by atoms with Gasteiger partial charge in [-0.2, -0.15) is 0 Å². The van der Waals surface area contributed by atoms with Crippen LogP contribution in [0.5, 0.6) is 0 Å². The van der Waals surface area contributed by atoms with E-state index in [-0.39, 0.29) is 5.91 Å². The second-order valence-electron chi connectivity index (χ2n) is 5.36. The zero-order valence-corrected chi connectivity index (χ0v) is 13.7. The van der Waals surface area contributed by atoms with Gasteiger partial charge in [-0.3, -0.25) is 9.78 Å². The highest BCUT2D eigenvalue weighted by atomic mass is 16.1. The van der Waals surface area contributed by atoms with Crippen molar-refractivity contribution in [2.45, 2.75) is 39.7 Å². The van der Waals surface area contributed by atoms with Crippen LogP contribution in [0.2, 0.25) is 0 Å². The van der Waals surface area contributed by atoms with E-state index in [0.717, 1.165) is 18.5 Å². The van der Waals surface area contributed by atoms with Crippen LogP contribution in [0.4, 0.5) is 5.82 Å². The third-order valence-corrected chi connectivity index (χ3v) is 3.33. The number of anilines is 1. The van der Waals surface area contributed by atoms with Gasteiger partial charge in [0.05, 0.1) is 0 Å². The standard InChI is InChI=1S/C17H23N5O/c1-3-4-5-9-19-16-10-15(21-13(2)22-16)17(23)20-12-14-7-6-8-18-11-14/h6-8,10-11H,3-5,9,12H2,1-2H3,(H,20,23)(H,19,21,22). The number of hydrogen-bond donors (Lipinski definition) is 2. The summed E-state index contributed by atoms with van der Waals surface area (Å²) in [7, 11) is 0. The fraction of sp³-hybridized carbons (Fsp3) is 0.412. The second-order valence-corrected chi connectivity index (χ2v) is 5.36. The predicted octanol–water partition coefficient (Wildman–Crippen LogP) is 2.71. The third kappa shape index (κ3) is 5.65. The Kier molecular flexibility index (Phi) is 6.47. The highest BCUT2D eigenvalue weighted by Gasteiger charge is 2.10. The molecule has 2 aromatic rings. The molecule has 2 rings (SSSR count). The van der Waals surface area contributed by atoms with Crippen molar-refractivity contribution in [3.05, 3.63) is 47.7 Å². The number of aromatic nitrogens is 3. The summed E-state index contributed by atoms with van der Waals surface area (Å²) in [6, 6.07) is 5.45. The van der Waals surface area contributed by atoms with Gasteiger partial charge in [0.15, 0.2) is 0 Å². The van der Waals surface area contributed by atoms with Gasteiger partial charge in [0.1, 0.15) is 17.3 Å². The van der Waals surface area contributed by atoms with E-state index < -0.39 is 0 Å². The van der Waals surface area contributed by atoms with Crippen molar-refractivity contribution in [2.75, 3.05) is 11.9 Å². The highest BCUT2D eigenvalue weighted by Crippen LogP contribution is 2.08. The van der Waals surface area contributed by atoms with E-state index in [0.29, 0.717) is 23.9 Å². The number of amides is 1. The molecule has 122 valence electrons. The lowest BCUT2D eigenvalue weighted by molar-refractivity contribution is 0.0945. The van der Waals surface area contributed by atoms with E-state index in [1.807, 2.05) is 12.1 Å². The Hall–Kier alpha value is -2.50. The van der Waals surface area contributed by atoms with E-state index in [9.17, 15) is 4.79 Å². The van der Waals surface area contributed by atoms with Crippen molar-refractivity contribution >= 4 is 11.7 Å². The monoisotopic (exact) mass is 313 g/mol. The summed E-state index contributed by atoms with van der Waals surface area (Å²) < 4.78 is 0. The number of rotatable bonds is 8. The Morgan fingerprint density at radius 2 is 2.13 bits per heavy atom. The van der Waals surface area contributed by atoms with Crippen molar-refractivity contribution in [1.82, 2.24) is 20.3 Å². The van der Waals surface area contributed by atoms with Gasteiger partial charge >= 0.3 is 0 Å². The van der Waals surface area contributed by atoms with Crippen LogP contribution in [-0.2, 0) is 6.54 Å². The second kappa shape index (κ2) is 8.82. The normalized spacial score (nSPS) is 10.3. The third-order valence-electron chi connectivity index (χ3n) is 3.33. The zero-order valence-electron chi connectivity index (χ0n) is 13.7. The van der Waals surface area contributed by atoms with Gasteiger partial charge in [-0.05, 0) is 25.0 Å². The van der Waals surface area contributed by atoms with Crippen LogP contribution in [0.25, 0.3) is 0 Å². The maximum atomic E-state index is 12.2. The lowest BCUT2D eigenvalue weighted by Crippen LogP contribution is -2.24. The first-order valence-corrected chi connectivity index (χ1v) is 7.95. The lowest BCUT2D eigenvalue weighted by atomic mass is 10.2. The summed E-state index contributed by atoms with van der Waals surface area (Å²) in [5, 5.41) is 6.10. The predicted molar refractivity (Wildman–Crippen MR) is 90.2 cm³/mol. The summed E-state index contributed by atoms with van der Waals surface area (Å²) in [5.74, 6) is 1.06. The number of aryl methyl sites for hydroxylation is 1. The Morgan fingerprint density at radius 1 is 1.26 bits per heavy atom. The molecule has 6 nitrogen and oxygen atoms in total. The van der Waals surface area contributed by atoms with Crippen molar-refractivity contribution in [3.63, 3.8) is 0 Å². The number of nitrogens with zero attached hydrogens (tertiary/aromatic N) is 3. The number of carbonyl (C=O) groups is 1. The van der Waals surface area contributed by atoms with Crippen LogP contribution in [0.15, 0.2) is 30.6 Å². The van der Waals surface area contributed by atoms with Crippen LogP contribution in [0.1, 0.15) is 48.1 Å². The SMILES string of the molecule is CCCCCNc1cc(C(=O)NCc2cccnc2)nc(C)n1. The average Bonchev–Trinajstić information content (AvgIpc) is 2.57. The molecule has 2 aromatic heterocycles. The Labute approximate surface area is 136 Å². The van der Waals surface area contributed by atoms with Crippen molar-refractivity contribution in [3.8, 4) is 0 Å². The Bertz CT molecular complexity index is 630. The fourth-order valence-electron chi connectivity index (χ4n) is 2.14. The summed E-state index contributed by atoms with van der Waals surface area (Å²) in [4.78, 5) is 24.8. The van der Waals surface area contributed by atoms with Crippen molar-refractivity contribution < 1.29 is 4.79 Å². The zero-order chi connectivity index (χ0) is 16.5. The minimum atomic E-state index is -0.212. The van der Waals surface area contributed by atoms with Crippen LogP contribution < -0.4 is 10.6 Å². The van der Waals surface area contributed by atoms with E-state index in [2.05, 4.69) is 32.5 Å². The topological polar surface area (TPSA) is 79.8 Å². The first-order chi connectivity index (χ1) is 11.2. The van der Waals surface area contributed by atoms with Crippen molar-refractivity contribution in [2.24, 2.45) is 0 Å². The number of nitrogens with one attached hydrogen (secondary N) is 2. The summed E-state index contributed by atoms with van der Waals surface area (Å²) in [6.45, 7) is 5.23. The van der Waals surface area contributed by atoms with Crippen LogP contribution in [0.3, 0.4) is 0 Å². The van der Waals surface area contributed by atoms with E-state index in [1.165, 1.54) is 12.8 Å². The minimum Gasteiger partial charge on any atom is -0.370 e. The molecule has 0 radical (unpaired) electrons. The molecule has 0 unspecified atom stereocenters. The largest absolute Gasteiger partial charge is 0.370 e. The molecule has 0 spiro atoms. The van der Waals surface area contributed by atoms with Crippen LogP contribution in [0, 0.1) is 6.92 Å². The van der Waals surface area contributed by atoms with Gasteiger partial charge in [0.2, 0.25) is 0 Å². The molecule has 0 fully saturated rings. The lowest BCUT2D eigenvalue weighted by Gasteiger charge is -2.09. The minimum absolute atomic E-state index is 0.212. The van der Waals surface area contributed by atoms with Gasteiger partial charge in [-0.15, -0.1) is 0 Å². The first kappa shape index (κ1) is 16.9. The van der Waals surface area contributed by atoms with Gasteiger partial charge < -0.3 is 10.6 Å². The van der Waals surface area contributed by atoms with E-state index in [1.54, 1.807) is 25.4 Å². The molecule has 0 bridgehead atoms. The molecule has 0 aromatic carbocycles. The molecule has 0 aliphatic rings. The molecule has 0 aliphatic heterocycles. The van der Waals surface area contributed by atoms with Gasteiger partial charge in [-0.1, -0.05) is 25.8 Å². The summed E-state index contributed by atoms with van der Waals surface area (Å²) in [5.41, 5.74) is 1.32. The van der Waals surface area contributed by atoms with E-state index in [4.69, 9.17) is 0 Å². The van der Waals surface area contributed by atoms with Crippen LogP contribution >= 0.6 is 0 Å². The molecule has 0 saturated carbocycles. The van der Waals surface area contributed by atoms with Gasteiger partial charge in [0.25, 0.3) is 5.91 Å². The summed E-state index contributed by atoms with van der Waals surface area (Å²) >= 11 is 0. The molecule has 23 heavy (non-hydrogen) atoms. The Morgan fingerprint density at radius 3 is 2.87 bits per heavy atom. The fourth-order valence-corrected chi connectivity index (χ4v) is 2.14. The van der Waals surface area contributed by atoms with E-state index >= 15 is 0 Å². The molecule has 0 aliphatic carbocycles. The van der Waals surface area contributed by atoms with Gasteiger partial charge in [0, 0.05) is 31.5 Å². The average molecular weight is 313 g/mol. The highest BCUT2D eigenvalue weighted by molar-refractivity contribution is 5.92. The molecule has 2 N–H and O–H groups in total. The molecule has 6 heteroatoms. The number of hydrogen-bond acceptors (Lipinski definition) is 5. The first-order valence-electron chi connectivity index (χ1n) is 7.95. The van der Waals surface area contributed by atoms with Crippen LogP contribution in [-0.4, -0.2) is 27.4 Å². The number of unbranched alkanes of at least 4 members (excludes halogenated alkanes) is 2. The smallest absolute Gasteiger partial charge is 0.270 e. The maximum absolute atomic E-state index is 12.2. The molecule has 0 saturated heterocycles. The summed E-state index contributed by atoms with van der Waals surface area (Å²) in [6.07, 6.45) is 6.87. The van der Waals surface area contributed by atoms with Crippen molar-refractivity contribution in [1.29, 1.82) is 0 Å². The quantitative estimate of drug-likeness (QED) is 0.733. The number of carbonyl (C=O) groups excluding carboxylic acids is 1. The number of pyridine rings is 1.